The van der Waals surface area contributed by atoms with Crippen molar-refractivity contribution in [2.75, 3.05) is 25.1 Å². The highest BCUT2D eigenvalue weighted by Gasteiger charge is 2.36. The molecule has 174 valence electrons. The zero-order chi connectivity index (χ0) is 24.1. The molecule has 0 atom stereocenters. The molecule has 3 aromatic carbocycles. The molecule has 3 aromatic rings. The Morgan fingerprint density at radius 2 is 1.76 bits per heavy atom. The van der Waals surface area contributed by atoms with Gasteiger partial charge in [-0.05, 0) is 55.3 Å². The van der Waals surface area contributed by atoms with Crippen molar-refractivity contribution in [3.05, 3.63) is 71.1 Å². The maximum absolute atomic E-state index is 12.9. The standard InChI is InChI=1S/C26H24N2O5S/c1-3-32-19-13-12-18(22(15-19)33-4-2)14-23-25(30)28(26(31)34-23)16-24(29)27-21-11-7-9-17-8-5-6-10-20(17)21/h5-15H,3-4,16H2,1-2H3,(H,27,29)/b23-14+. The van der Waals surface area contributed by atoms with Crippen LogP contribution in [0.1, 0.15) is 19.4 Å². The number of carbonyl (C=O) groups excluding carboxylic acids is 3. The molecule has 34 heavy (non-hydrogen) atoms. The molecule has 1 aliphatic heterocycles. The summed E-state index contributed by atoms with van der Waals surface area (Å²) in [6.07, 6.45) is 1.61. The second kappa shape index (κ2) is 10.4. The molecule has 0 saturated carbocycles. The Morgan fingerprint density at radius 1 is 1.00 bits per heavy atom. The Morgan fingerprint density at radius 3 is 2.56 bits per heavy atom. The molecule has 0 bridgehead atoms. The molecule has 1 saturated heterocycles. The van der Waals surface area contributed by atoms with Crippen molar-refractivity contribution in [3.63, 3.8) is 0 Å². The van der Waals surface area contributed by atoms with Gasteiger partial charge in [0, 0.05) is 22.7 Å². The van der Waals surface area contributed by atoms with Crippen molar-refractivity contribution < 1.29 is 23.9 Å². The molecule has 1 aliphatic rings. The number of rotatable bonds is 8. The lowest BCUT2D eigenvalue weighted by Gasteiger charge is -2.14. The number of ether oxygens (including phenoxy) is 2. The van der Waals surface area contributed by atoms with E-state index in [1.54, 1.807) is 30.3 Å². The van der Waals surface area contributed by atoms with E-state index in [0.29, 0.717) is 36.0 Å². The minimum atomic E-state index is -0.514. The Labute approximate surface area is 201 Å². The number of imide groups is 1. The topological polar surface area (TPSA) is 84.9 Å². The van der Waals surface area contributed by atoms with Gasteiger partial charge in [-0.2, -0.15) is 0 Å². The average Bonchev–Trinajstić information content (AvgIpc) is 3.08. The Balaban J connectivity index is 1.50. The maximum Gasteiger partial charge on any atom is 0.294 e. The van der Waals surface area contributed by atoms with E-state index in [0.717, 1.165) is 27.4 Å². The summed E-state index contributed by atoms with van der Waals surface area (Å²) >= 11 is 0.800. The van der Waals surface area contributed by atoms with E-state index in [4.69, 9.17) is 9.47 Å². The van der Waals surface area contributed by atoms with Crippen LogP contribution in [-0.4, -0.2) is 41.7 Å². The summed E-state index contributed by atoms with van der Waals surface area (Å²) in [7, 11) is 0. The number of amides is 3. The van der Waals surface area contributed by atoms with Gasteiger partial charge in [-0.25, -0.2) is 0 Å². The zero-order valence-corrected chi connectivity index (χ0v) is 19.7. The maximum atomic E-state index is 12.9. The van der Waals surface area contributed by atoms with Crippen LogP contribution in [0.5, 0.6) is 11.5 Å². The van der Waals surface area contributed by atoms with Gasteiger partial charge in [0.1, 0.15) is 18.0 Å². The molecule has 0 aliphatic carbocycles. The Bertz CT molecular complexity index is 1280. The number of hydrogen-bond donors (Lipinski definition) is 1. The van der Waals surface area contributed by atoms with Crippen molar-refractivity contribution >= 4 is 51.4 Å². The molecule has 7 nitrogen and oxygen atoms in total. The SMILES string of the molecule is CCOc1ccc(/C=C2/SC(=O)N(CC(=O)Nc3cccc4ccccc34)C2=O)c(OCC)c1. The first-order valence-electron chi connectivity index (χ1n) is 10.9. The van der Waals surface area contributed by atoms with Gasteiger partial charge in [-0.3, -0.25) is 19.3 Å². The molecule has 1 heterocycles. The van der Waals surface area contributed by atoms with Gasteiger partial charge < -0.3 is 14.8 Å². The molecule has 8 heteroatoms. The van der Waals surface area contributed by atoms with Crippen molar-refractivity contribution in [2.45, 2.75) is 13.8 Å². The molecule has 1 N–H and O–H groups in total. The summed E-state index contributed by atoms with van der Waals surface area (Å²) < 4.78 is 11.2. The van der Waals surface area contributed by atoms with Gasteiger partial charge >= 0.3 is 0 Å². The van der Waals surface area contributed by atoms with E-state index in [1.807, 2.05) is 50.2 Å². The van der Waals surface area contributed by atoms with Crippen molar-refractivity contribution in [1.82, 2.24) is 4.90 Å². The monoisotopic (exact) mass is 476 g/mol. The van der Waals surface area contributed by atoms with Crippen LogP contribution in [0.2, 0.25) is 0 Å². The largest absolute Gasteiger partial charge is 0.494 e. The van der Waals surface area contributed by atoms with Crippen LogP contribution in [0.3, 0.4) is 0 Å². The van der Waals surface area contributed by atoms with Crippen LogP contribution in [0, 0.1) is 0 Å². The lowest BCUT2D eigenvalue weighted by atomic mass is 10.1. The van der Waals surface area contributed by atoms with Crippen LogP contribution < -0.4 is 14.8 Å². The molecule has 4 rings (SSSR count). The fraction of sp³-hybridized carbons (Fsp3) is 0.192. The molecular weight excluding hydrogens is 452 g/mol. The zero-order valence-electron chi connectivity index (χ0n) is 18.9. The van der Waals surface area contributed by atoms with E-state index in [-0.39, 0.29) is 11.4 Å². The lowest BCUT2D eigenvalue weighted by molar-refractivity contribution is -0.127. The Kier molecular flexibility index (Phi) is 7.18. The predicted octanol–water partition coefficient (Wildman–Crippen LogP) is 5.31. The molecule has 1 fully saturated rings. The fourth-order valence-electron chi connectivity index (χ4n) is 3.62. The van der Waals surface area contributed by atoms with Gasteiger partial charge in [0.05, 0.1) is 18.1 Å². The second-order valence-corrected chi connectivity index (χ2v) is 8.40. The molecule has 0 aromatic heterocycles. The van der Waals surface area contributed by atoms with Crippen LogP contribution in [0.15, 0.2) is 65.6 Å². The fourth-order valence-corrected chi connectivity index (χ4v) is 4.45. The summed E-state index contributed by atoms with van der Waals surface area (Å²) in [6.45, 7) is 4.34. The summed E-state index contributed by atoms with van der Waals surface area (Å²) in [5, 5.41) is 4.18. The summed E-state index contributed by atoms with van der Waals surface area (Å²) in [4.78, 5) is 39.3. The summed E-state index contributed by atoms with van der Waals surface area (Å²) in [6, 6.07) is 18.5. The highest BCUT2D eigenvalue weighted by Crippen LogP contribution is 2.35. The van der Waals surface area contributed by atoms with E-state index in [9.17, 15) is 14.4 Å². The van der Waals surface area contributed by atoms with Crippen molar-refractivity contribution in [3.8, 4) is 11.5 Å². The number of nitrogens with one attached hydrogen (secondary N) is 1. The van der Waals surface area contributed by atoms with E-state index >= 15 is 0 Å². The minimum Gasteiger partial charge on any atom is -0.494 e. The third kappa shape index (κ3) is 5.07. The van der Waals surface area contributed by atoms with Gasteiger partial charge in [0.25, 0.3) is 11.1 Å². The third-order valence-corrected chi connectivity index (χ3v) is 6.03. The van der Waals surface area contributed by atoms with Gasteiger partial charge in [-0.15, -0.1) is 0 Å². The van der Waals surface area contributed by atoms with E-state index < -0.39 is 17.1 Å². The average molecular weight is 477 g/mol. The van der Waals surface area contributed by atoms with Crippen molar-refractivity contribution in [1.29, 1.82) is 0 Å². The molecule has 0 spiro atoms. The summed E-state index contributed by atoms with van der Waals surface area (Å²) in [5.41, 5.74) is 1.28. The number of nitrogens with zero attached hydrogens (tertiary/aromatic N) is 1. The predicted molar refractivity (Wildman–Crippen MR) is 134 cm³/mol. The van der Waals surface area contributed by atoms with Gasteiger partial charge in [0.2, 0.25) is 5.91 Å². The quantitative estimate of drug-likeness (QED) is 0.444. The summed E-state index contributed by atoms with van der Waals surface area (Å²) in [5.74, 6) is 0.241. The normalized spacial score (nSPS) is 14.6. The number of benzene rings is 3. The van der Waals surface area contributed by atoms with E-state index in [1.165, 1.54) is 0 Å². The Hall–Kier alpha value is -3.78. The molecular formula is C26H24N2O5S. The first-order valence-corrected chi connectivity index (χ1v) is 11.7. The van der Waals surface area contributed by atoms with Crippen LogP contribution in [0.25, 0.3) is 16.8 Å². The second-order valence-electron chi connectivity index (χ2n) is 7.41. The van der Waals surface area contributed by atoms with Crippen LogP contribution in [0.4, 0.5) is 10.5 Å². The number of hydrogen-bond acceptors (Lipinski definition) is 6. The van der Waals surface area contributed by atoms with Gasteiger partial charge in [0.15, 0.2) is 0 Å². The number of anilines is 1. The first-order chi connectivity index (χ1) is 16.5. The number of thioether (sulfide) groups is 1. The minimum absolute atomic E-state index is 0.230. The number of fused-ring (bicyclic) bond motifs is 1. The van der Waals surface area contributed by atoms with Gasteiger partial charge in [-0.1, -0.05) is 36.4 Å². The third-order valence-electron chi connectivity index (χ3n) is 5.12. The van der Waals surface area contributed by atoms with Crippen LogP contribution in [-0.2, 0) is 9.59 Å². The molecule has 0 unspecified atom stereocenters. The van der Waals surface area contributed by atoms with E-state index in [2.05, 4.69) is 5.32 Å². The number of carbonyl (C=O) groups is 3. The lowest BCUT2D eigenvalue weighted by Crippen LogP contribution is -2.36. The highest BCUT2D eigenvalue weighted by atomic mass is 32.2. The first kappa shape index (κ1) is 23.4. The smallest absolute Gasteiger partial charge is 0.294 e. The highest BCUT2D eigenvalue weighted by molar-refractivity contribution is 8.18. The van der Waals surface area contributed by atoms with Crippen LogP contribution >= 0.6 is 11.8 Å². The molecule has 0 radical (unpaired) electrons. The van der Waals surface area contributed by atoms with Crippen molar-refractivity contribution in [2.24, 2.45) is 0 Å². The molecule has 3 amide bonds.